The largest absolute Gasteiger partial charge is 0.494 e. The van der Waals surface area contributed by atoms with Gasteiger partial charge in [-0.25, -0.2) is 0 Å². The molecule has 1 aromatic carbocycles. The van der Waals surface area contributed by atoms with E-state index in [4.69, 9.17) is 14.2 Å². The Bertz CT molecular complexity index is 453. The lowest BCUT2D eigenvalue weighted by Crippen LogP contribution is -2.37. The zero-order chi connectivity index (χ0) is 12.8. The molecule has 0 unspecified atom stereocenters. The van der Waals surface area contributed by atoms with Gasteiger partial charge >= 0.3 is 0 Å². The summed E-state index contributed by atoms with van der Waals surface area (Å²) in [5, 5.41) is 0. The lowest BCUT2D eigenvalue weighted by atomic mass is 9.94. The van der Waals surface area contributed by atoms with Crippen LogP contribution >= 0.6 is 0 Å². The average molecular weight is 248 g/mol. The van der Waals surface area contributed by atoms with Gasteiger partial charge in [0.1, 0.15) is 29.3 Å². The van der Waals surface area contributed by atoms with E-state index in [-0.39, 0.29) is 17.8 Å². The van der Waals surface area contributed by atoms with Gasteiger partial charge in [-0.2, -0.15) is 0 Å². The number of rotatable bonds is 4. The van der Waals surface area contributed by atoms with Crippen molar-refractivity contribution >= 4 is 0 Å². The van der Waals surface area contributed by atoms with Gasteiger partial charge in [0.15, 0.2) is 0 Å². The Morgan fingerprint density at radius 1 is 1.33 bits per heavy atom. The van der Waals surface area contributed by atoms with Gasteiger partial charge in [0, 0.05) is 5.56 Å². The van der Waals surface area contributed by atoms with Gasteiger partial charge in [-0.15, -0.1) is 0 Å². The smallest absolute Gasteiger partial charge is 0.132 e. The van der Waals surface area contributed by atoms with Crippen molar-refractivity contribution < 1.29 is 14.2 Å². The molecule has 3 rings (SSSR count). The third-order valence-corrected chi connectivity index (χ3v) is 3.60. The van der Waals surface area contributed by atoms with E-state index in [2.05, 4.69) is 26.8 Å². The Morgan fingerprint density at radius 2 is 2.17 bits per heavy atom. The second-order valence-corrected chi connectivity index (χ2v) is 5.58. The van der Waals surface area contributed by atoms with Crippen molar-refractivity contribution in [1.29, 1.82) is 0 Å². The highest BCUT2D eigenvalue weighted by molar-refractivity contribution is 5.46. The van der Waals surface area contributed by atoms with Crippen molar-refractivity contribution in [1.82, 2.24) is 0 Å². The van der Waals surface area contributed by atoms with E-state index in [1.165, 1.54) is 0 Å². The predicted molar refractivity (Wildman–Crippen MR) is 69.2 cm³/mol. The van der Waals surface area contributed by atoms with Crippen LogP contribution in [0.4, 0.5) is 0 Å². The molecular weight excluding hydrogens is 228 g/mol. The third kappa shape index (κ3) is 1.97. The topological polar surface area (TPSA) is 31.0 Å². The molecule has 0 saturated carbocycles. The standard InChI is InChI=1S/C15H20O3/c1-4-5-8-16-10-6-7-12-11(9-10)13-14(17-13)15(2,3)18-12/h6-7,9,13-14H,4-5,8H2,1-3H3/t13-,14+/m1/s1. The van der Waals surface area contributed by atoms with Crippen molar-refractivity contribution in [3.05, 3.63) is 23.8 Å². The Hall–Kier alpha value is -1.22. The SMILES string of the molecule is CCCCOc1ccc2c(c1)[C@H]1O[C@@H]1C(C)(C)O2. The molecule has 2 atom stereocenters. The fourth-order valence-corrected chi connectivity index (χ4v) is 2.48. The summed E-state index contributed by atoms with van der Waals surface area (Å²) in [6, 6.07) is 6.04. The first-order chi connectivity index (χ1) is 8.62. The third-order valence-electron chi connectivity index (χ3n) is 3.60. The molecule has 0 aromatic heterocycles. The molecule has 0 spiro atoms. The second kappa shape index (κ2) is 4.16. The molecule has 18 heavy (non-hydrogen) atoms. The summed E-state index contributed by atoms with van der Waals surface area (Å²) in [7, 11) is 0. The molecule has 1 fully saturated rings. The number of hydrogen-bond acceptors (Lipinski definition) is 3. The molecule has 98 valence electrons. The summed E-state index contributed by atoms with van der Waals surface area (Å²) in [6.07, 6.45) is 2.62. The molecule has 0 N–H and O–H groups in total. The Morgan fingerprint density at radius 3 is 2.94 bits per heavy atom. The van der Waals surface area contributed by atoms with E-state index in [1.54, 1.807) is 0 Å². The number of ether oxygens (including phenoxy) is 3. The van der Waals surface area contributed by atoms with Crippen molar-refractivity contribution in [3.8, 4) is 11.5 Å². The highest BCUT2D eigenvalue weighted by Gasteiger charge is 2.56. The fraction of sp³-hybridized carbons (Fsp3) is 0.600. The lowest BCUT2D eigenvalue weighted by Gasteiger charge is -2.29. The van der Waals surface area contributed by atoms with Crippen molar-refractivity contribution in [2.75, 3.05) is 6.61 Å². The van der Waals surface area contributed by atoms with Gasteiger partial charge in [-0.05, 0) is 38.5 Å². The van der Waals surface area contributed by atoms with E-state index in [0.717, 1.165) is 36.5 Å². The molecular formula is C15H20O3. The van der Waals surface area contributed by atoms with Crippen molar-refractivity contribution in [2.45, 2.75) is 51.4 Å². The first-order valence-electron chi connectivity index (χ1n) is 6.73. The molecule has 0 radical (unpaired) electrons. The fourth-order valence-electron chi connectivity index (χ4n) is 2.48. The van der Waals surface area contributed by atoms with Crippen LogP contribution in [0.3, 0.4) is 0 Å². The Labute approximate surface area is 108 Å². The Kier molecular flexibility index (Phi) is 2.74. The molecule has 3 heteroatoms. The minimum Gasteiger partial charge on any atom is -0.494 e. The zero-order valence-corrected chi connectivity index (χ0v) is 11.2. The van der Waals surface area contributed by atoms with Crippen LogP contribution in [-0.2, 0) is 4.74 Å². The monoisotopic (exact) mass is 248 g/mol. The molecule has 2 aliphatic heterocycles. The molecule has 1 saturated heterocycles. The zero-order valence-electron chi connectivity index (χ0n) is 11.2. The van der Waals surface area contributed by atoms with Crippen LogP contribution in [0.5, 0.6) is 11.5 Å². The summed E-state index contributed by atoms with van der Waals surface area (Å²) in [4.78, 5) is 0. The number of fused-ring (bicyclic) bond motifs is 3. The van der Waals surface area contributed by atoms with Crippen LogP contribution in [0.1, 0.15) is 45.3 Å². The van der Waals surface area contributed by atoms with Crippen LogP contribution in [0.2, 0.25) is 0 Å². The highest BCUT2D eigenvalue weighted by atomic mass is 16.6. The minimum absolute atomic E-state index is 0.191. The molecule has 0 aliphatic carbocycles. The van der Waals surface area contributed by atoms with Gasteiger partial charge in [-0.3, -0.25) is 0 Å². The molecule has 3 nitrogen and oxygen atoms in total. The van der Waals surface area contributed by atoms with Crippen LogP contribution in [0.25, 0.3) is 0 Å². The summed E-state index contributed by atoms with van der Waals surface area (Å²) in [5.41, 5.74) is 0.913. The maximum atomic E-state index is 5.97. The quantitative estimate of drug-likeness (QED) is 0.604. The molecule has 2 heterocycles. The maximum Gasteiger partial charge on any atom is 0.132 e. The van der Waals surface area contributed by atoms with E-state index in [1.807, 2.05) is 12.1 Å². The van der Waals surface area contributed by atoms with Crippen LogP contribution in [0.15, 0.2) is 18.2 Å². The van der Waals surface area contributed by atoms with Crippen LogP contribution in [-0.4, -0.2) is 18.3 Å². The predicted octanol–water partition coefficient (Wildman–Crippen LogP) is 3.48. The van der Waals surface area contributed by atoms with Crippen molar-refractivity contribution in [3.63, 3.8) is 0 Å². The average Bonchev–Trinajstić information content (AvgIpc) is 3.11. The number of unbranched alkanes of at least 4 members (excludes halogenated alkanes) is 1. The van der Waals surface area contributed by atoms with Gasteiger partial charge in [-0.1, -0.05) is 13.3 Å². The molecule has 0 bridgehead atoms. The van der Waals surface area contributed by atoms with E-state index < -0.39 is 0 Å². The second-order valence-electron chi connectivity index (χ2n) is 5.58. The minimum atomic E-state index is -0.220. The van der Waals surface area contributed by atoms with Crippen LogP contribution in [0, 0.1) is 0 Å². The first-order valence-corrected chi connectivity index (χ1v) is 6.73. The molecule has 2 aliphatic rings. The van der Waals surface area contributed by atoms with E-state index in [9.17, 15) is 0 Å². The maximum absolute atomic E-state index is 5.97. The highest BCUT2D eigenvalue weighted by Crippen LogP contribution is 2.54. The molecule has 0 amide bonds. The molecule has 1 aromatic rings. The summed E-state index contributed by atoms with van der Waals surface area (Å²) < 4.78 is 17.4. The summed E-state index contributed by atoms with van der Waals surface area (Å²) >= 11 is 0. The Balaban J connectivity index is 1.78. The van der Waals surface area contributed by atoms with E-state index in [0.29, 0.717) is 0 Å². The normalized spacial score (nSPS) is 26.8. The summed E-state index contributed by atoms with van der Waals surface area (Å²) in [5.74, 6) is 1.85. The van der Waals surface area contributed by atoms with Gasteiger partial charge in [0.2, 0.25) is 0 Å². The van der Waals surface area contributed by atoms with Gasteiger partial charge in [0.05, 0.1) is 6.61 Å². The van der Waals surface area contributed by atoms with E-state index >= 15 is 0 Å². The van der Waals surface area contributed by atoms with Gasteiger partial charge < -0.3 is 14.2 Å². The van der Waals surface area contributed by atoms with Gasteiger partial charge in [0.25, 0.3) is 0 Å². The van der Waals surface area contributed by atoms with Crippen molar-refractivity contribution in [2.24, 2.45) is 0 Å². The first kappa shape index (κ1) is 11.8. The number of epoxide rings is 1. The lowest BCUT2D eigenvalue weighted by molar-refractivity contribution is 0.0724. The number of benzene rings is 1. The number of hydrogen-bond donors (Lipinski definition) is 0. The van der Waals surface area contributed by atoms with Crippen LogP contribution < -0.4 is 9.47 Å². The summed E-state index contributed by atoms with van der Waals surface area (Å²) in [6.45, 7) is 7.09.